The van der Waals surface area contributed by atoms with E-state index in [1.54, 1.807) is 7.05 Å². The number of amides is 1. The quantitative estimate of drug-likeness (QED) is 0.271. The molecule has 0 aromatic heterocycles. The third-order valence-corrected chi connectivity index (χ3v) is 3.03. The number of carbonyl (C=O) groups is 1. The van der Waals surface area contributed by atoms with Crippen molar-refractivity contribution in [3.8, 4) is 0 Å². The Balaban J connectivity index is 0.00000324. The largest absolute Gasteiger partial charge is 0.356 e. The lowest BCUT2D eigenvalue weighted by Crippen LogP contribution is -2.42. The fourth-order valence-corrected chi connectivity index (χ4v) is 1.51. The van der Waals surface area contributed by atoms with Crippen molar-refractivity contribution in [2.24, 2.45) is 4.99 Å². The van der Waals surface area contributed by atoms with Crippen LogP contribution in [-0.2, 0) is 4.79 Å². The van der Waals surface area contributed by atoms with Crippen molar-refractivity contribution in [3.05, 3.63) is 0 Å². The molecule has 0 spiro atoms. The Bertz CT molecular complexity index is 292. The van der Waals surface area contributed by atoms with E-state index in [1.165, 1.54) is 0 Å². The molecule has 0 radical (unpaired) electrons. The SMILES string of the molecule is CCC(C)NC(=NC)NCCCC(=O)NC1CC1.I. The first kappa shape index (κ1) is 18.5. The van der Waals surface area contributed by atoms with Crippen LogP contribution in [-0.4, -0.2) is 37.5 Å². The average molecular weight is 382 g/mol. The van der Waals surface area contributed by atoms with Crippen molar-refractivity contribution in [1.29, 1.82) is 0 Å². The van der Waals surface area contributed by atoms with E-state index in [1.807, 2.05) is 0 Å². The average Bonchev–Trinajstić information content (AvgIpc) is 3.16. The maximum Gasteiger partial charge on any atom is 0.220 e. The maximum atomic E-state index is 11.4. The predicted octanol–water partition coefficient (Wildman–Crippen LogP) is 1.63. The third-order valence-electron chi connectivity index (χ3n) is 3.03. The lowest BCUT2D eigenvalue weighted by molar-refractivity contribution is -0.121. The van der Waals surface area contributed by atoms with Crippen LogP contribution in [0, 0.1) is 0 Å². The molecule has 3 N–H and O–H groups in total. The second-order valence-electron chi connectivity index (χ2n) is 4.90. The van der Waals surface area contributed by atoms with Crippen LogP contribution in [0.5, 0.6) is 0 Å². The Morgan fingerprint density at radius 1 is 1.42 bits per heavy atom. The van der Waals surface area contributed by atoms with Gasteiger partial charge in [-0.15, -0.1) is 24.0 Å². The first-order valence-electron chi connectivity index (χ1n) is 6.92. The minimum Gasteiger partial charge on any atom is -0.356 e. The molecule has 19 heavy (non-hydrogen) atoms. The van der Waals surface area contributed by atoms with Gasteiger partial charge in [0.2, 0.25) is 5.91 Å². The molecule has 0 aromatic rings. The fourth-order valence-electron chi connectivity index (χ4n) is 1.51. The molecular formula is C13H27IN4O. The van der Waals surface area contributed by atoms with Crippen molar-refractivity contribution in [2.75, 3.05) is 13.6 Å². The molecule has 1 unspecified atom stereocenters. The van der Waals surface area contributed by atoms with Gasteiger partial charge in [-0.05, 0) is 32.6 Å². The predicted molar refractivity (Wildman–Crippen MR) is 90.1 cm³/mol. The van der Waals surface area contributed by atoms with Gasteiger partial charge in [0, 0.05) is 32.1 Å². The first-order valence-corrected chi connectivity index (χ1v) is 6.92. The van der Waals surface area contributed by atoms with Gasteiger partial charge in [-0.1, -0.05) is 6.92 Å². The molecule has 5 nitrogen and oxygen atoms in total. The first-order chi connectivity index (χ1) is 8.65. The highest BCUT2D eigenvalue weighted by molar-refractivity contribution is 14.0. The van der Waals surface area contributed by atoms with Crippen LogP contribution >= 0.6 is 24.0 Å². The van der Waals surface area contributed by atoms with Gasteiger partial charge < -0.3 is 16.0 Å². The zero-order valence-corrected chi connectivity index (χ0v) is 14.5. The van der Waals surface area contributed by atoms with Crippen molar-refractivity contribution in [3.63, 3.8) is 0 Å². The van der Waals surface area contributed by atoms with Crippen molar-refractivity contribution < 1.29 is 4.79 Å². The highest BCUT2D eigenvalue weighted by Crippen LogP contribution is 2.18. The summed E-state index contributed by atoms with van der Waals surface area (Å²) in [4.78, 5) is 15.6. The third kappa shape index (κ3) is 9.07. The highest BCUT2D eigenvalue weighted by atomic mass is 127. The molecule has 1 aliphatic rings. The molecule has 6 heteroatoms. The van der Waals surface area contributed by atoms with Crippen LogP contribution in [0.2, 0.25) is 0 Å². The van der Waals surface area contributed by atoms with Gasteiger partial charge in [-0.3, -0.25) is 9.79 Å². The number of nitrogens with zero attached hydrogens (tertiary/aromatic N) is 1. The number of rotatable bonds is 7. The Hall–Kier alpha value is -0.530. The summed E-state index contributed by atoms with van der Waals surface area (Å²) in [6.45, 7) is 5.03. The van der Waals surface area contributed by atoms with E-state index >= 15 is 0 Å². The molecule has 1 rings (SSSR count). The molecule has 1 aliphatic carbocycles. The Morgan fingerprint density at radius 3 is 2.63 bits per heavy atom. The van der Waals surface area contributed by atoms with Gasteiger partial charge in [0.1, 0.15) is 0 Å². The summed E-state index contributed by atoms with van der Waals surface area (Å²) in [6.07, 6.45) is 4.78. The second-order valence-corrected chi connectivity index (χ2v) is 4.90. The number of nitrogens with one attached hydrogen (secondary N) is 3. The monoisotopic (exact) mass is 382 g/mol. The van der Waals surface area contributed by atoms with E-state index in [2.05, 4.69) is 34.8 Å². The summed E-state index contributed by atoms with van der Waals surface area (Å²) >= 11 is 0. The zero-order chi connectivity index (χ0) is 13.4. The molecule has 1 amide bonds. The molecule has 0 saturated heterocycles. The summed E-state index contributed by atoms with van der Waals surface area (Å²) in [5, 5.41) is 9.49. The van der Waals surface area contributed by atoms with Crippen molar-refractivity contribution in [1.82, 2.24) is 16.0 Å². The highest BCUT2D eigenvalue weighted by Gasteiger charge is 2.22. The zero-order valence-electron chi connectivity index (χ0n) is 12.2. The fraction of sp³-hybridized carbons (Fsp3) is 0.846. The number of halogens is 1. The molecule has 0 heterocycles. The van der Waals surface area contributed by atoms with E-state index in [0.29, 0.717) is 18.5 Å². The van der Waals surface area contributed by atoms with Gasteiger partial charge in [-0.25, -0.2) is 0 Å². The second kappa shape index (κ2) is 10.3. The standard InChI is InChI=1S/C13H26N4O.HI/c1-4-10(2)16-13(14-3)15-9-5-6-12(18)17-11-7-8-11;/h10-11H,4-9H2,1-3H3,(H,17,18)(H2,14,15,16);1H. The van der Waals surface area contributed by atoms with Crippen LogP contribution < -0.4 is 16.0 Å². The van der Waals surface area contributed by atoms with E-state index in [0.717, 1.165) is 38.2 Å². The lowest BCUT2D eigenvalue weighted by atomic mass is 10.2. The van der Waals surface area contributed by atoms with E-state index < -0.39 is 0 Å². The number of hydrogen-bond acceptors (Lipinski definition) is 2. The van der Waals surface area contributed by atoms with Crippen LogP contribution in [0.25, 0.3) is 0 Å². The molecule has 0 aliphatic heterocycles. The van der Waals surface area contributed by atoms with Crippen molar-refractivity contribution in [2.45, 2.75) is 58.0 Å². The smallest absolute Gasteiger partial charge is 0.220 e. The molecule has 1 atom stereocenters. The van der Waals surface area contributed by atoms with Crippen LogP contribution in [0.1, 0.15) is 46.0 Å². The van der Waals surface area contributed by atoms with Crippen LogP contribution in [0.3, 0.4) is 0 Å². The van der Waals surface area contributed by atoms with Crippen molar-refractivity contribution >= 4 is 35.8 Å². The Morgan fingerprint density at radius 2 is 2.11 bits per heavy atom. The topological polar surface area (TPSA) is 65.5 Å². The van der Waals surface area contributed by atoms with Gasteiger partial charge >= 0.3 is 0 Å². The number of hydrogen-bond donors (Lipinski definition) is 3. The van der Waals surface area contributed by atoms with Crippen LogP contribution in [0.15, 0.2) is 4.99 Å². The van der Waals surface area contributed by atoms with E-state index in [4.69, 9.17) is 0 Å². The van der Waals surface area contributed by atoms with Crippen LogP contribution in [0.4, 0.5) is 0 Å². The minimum absolute atomic E-state index is 0. The molecule has 0 bridgehead atoms. The lowest BCUT2D eigenvalue weighted by Gasteiger charge is -2.16. The summed E-state index contributed by atoms with van der Waals surface area (Å²) in [5.41, 5.74) is 0. The molecule has 112 valence electrons. The molecule has 0 aromatic carbocycles. The normalized spacial score (nSPS) is 16.3. The molecule has 1 fully saturated rings. The van der Waals surface area contributed by atoms with Gasteiger partial charge in [0.25, 0.3) is 0 Å². The van der Waals surface area contributed by atoms with E-state index in [-0.39, 0.29) is 29.9 Å². The Labute approximate surface area is 133 Å². The Kier molecular flexibility index (Phi) is 9.99. The summed E-state index contributed by atoms with van der Waals surface area (Å²) in [5.74, 6) is 0.983. The van der Waals surface area contributed by atoms with E-state index in [9.17, 15) is 4.79 Å². The molecule has 1 saturated carbocycles. The number of guanidine groups is 1. The summed E-state index contributed by atoms with van der Waals surface area (Å²) < 4.78 is 0. The van der Waals surface area contributed by atoms with Gasteiger partial charge in [-0.2, -0.15) is 0 Å². The summed E-state index contributed by atoms with van der Waals surface area (Å²) in [7, 11) is 1.76. The number of carbonyl (C=O) groups excluding carboxylic acids is 1. The van der Waals surface area contributed by atoms with Gasteiger partial charge in [0.15, 0.2) is 5.96 Å². The number of aliphatic imine (C=N–C) groups is 1. The summed E-state index contributed by atoms with van der Waals surface area (Å²) in [6, 6.07) is 0.875. The molecular weight excluding hydrogens is 355 g/mol. The maximum absolute atomic E-state index is 11.4. The van der Waals surface area contributed by atoms with Gasteiger partial charge in [0.05, 0.1) is 0 Å². The minimum atomic E-state index is 0.